The minimum atomic E-state index is -1.25. The molecule has 35 heavy (non-hydrogen) atoms. The van der Waals surface area contributed by atoms with Crippen LogP contribution in [0.5, 0.6) is 5.75 Å². The molecule has 0 unspecified atom stereocenters. The maximum atomic E-state index is 12.4. The van der Waals surface area contributed by atoms with Gasteiger partial charge >= 0.3 is 12.1 Å². The summed E-state index contributed by atoms with van der Waals surface area (Å²) in [5.41, 5.74) is 4.68. The summed E-state index contributed by atoms with van der Waals surface area (Å²) < 4.78 is 5.53. The number of amides is 2. The molecule has 0 saturated heterocycles. The molecule has 3 aromatic rings. The Morgan fingerprint density at radius 3 is 2.23 bits per heavy atom. The van der Waals surface area contributed by atoms with Gasteiger partial charge in [0.1, 0.15) is 17.9 Å². The number of carbonyl (C=O) groups excluding carboxylic acids is 2. The van der Waals surface area contributed by atoms with Crippen molar-refractivity contribution in [2.45, 2.75) is 12.3 Å². The van der Waals surface area contributed by atoms with E-state index in [2.05, 4.69) is 34.9 Å². The van der Waals surface area contributed by atoms with Crippen LogP contribution in [0.4, 0.5) is 10.5 Å². The van der Waals surface area contributed by atoms with E-state index in [1.54, 1.807) is 0 Å². The largest absolute Gasteiger partial charge is 0.507 e. The van der Waals surface area contributed by atoms with E-state index in [0.717, 1.165) is 22.3 Å². The van der Waals surface area contributed by atoms with E-state index < -0.39 is 17.8 Å². The number of rotatable bonds is 7. The Hall–Kier alpha value is -4.33. The van der Waals surface area contributed by atoms with Crippen LogP contribution >= 0.6 is 0 Å². The summed E-state index contributed by atoms with van der Waals surface area (Å²) in [7, 11) is 0. The molecule has 3 aromatic carbocycles. The van der Waals surface area contributed by atoms with E-state index in [0.29, 0.717) is 18.7 Å². The van der Waals surface area contributed by atoms with Crippen molar-refractivity contribution in [1.29, 1.82) is 0 Å². The lowest BCUT2D eigenvalue weighted by Crippen LogP contribution is -2.29. The fourth-order valence-electron chi connectivity index (χ4n) is 4.68. The standard InChI is InChI=1S/C27H24N2O6/c30-24-12-16(9-10-21(24)26(32)33)29-25(31)22-11-15(22)13-28-27(34)35-14-23-19-7-3-1-5-17(19)18-6-2-4-8-20(18)23/h1-10,12,15,22-23,30H,11,13-14H2,(H,28,34)(H,29,31)(H,32,33)/t15-,22-/m1/s1. The number of phenols is 1. The number of carboxylic acids is 1. The van der Waals surface area contributed by atoms with Gasteiger partial charge < -0.3 is 25.6 Å². The molecule has 2 amide bonds. The first-order valence-corrected chi connectivity index (χ1v) is 11.4. The van der Waals surface area contributed by atoms with Gasteiger partial charge in [-0.3, -0.25) is 4.79 Å². The summed E-state index contributed by atoms with van der Waals surface area (Å²) in [6, 6.07) is 20.1. The molecule has 2 atom stereocenters. The van der Waals surface area contributed by atoms with Crippen LogP contribution in [0.1, 0.15) is 33.8 Å². The third-order valence-electron chi connectivity index (χ3n) is 6.61. The normalized spacial score (nSPS) is 17.7. The van der Waals surface area contributed by atoms with Crippen LogP contribution < -0.4 is 10.6 Å². The van der Waals surface area contributed by atoms with Crippen molar-refractivity contribution in [3.63, 3.8) is 0 Å². The number of nitrogens with one attached hydrogen (secondary N) is 2. The Morgan fingerprint density at radius 2 is 1.60 bits per heavy atom. The van der Waals surface area contributed by atoms with Crippen molar-refractivity contribution in [1.82, 2.24) is 5.32 Å². The average Bonchev–Trinajstić information content (AvgIpc) is 3.56. The van der Waals surface area contributed by atoms with E-state index in [1.807, 2.05) is 24.3 Å². The van der Waals surface area contributed by atoms with Crippen LogP contribution in [-0.2, 0) is 9.53 Å². The highest BCUT2D eigenvalue weighted by Gasteiger charge is 2.43. The van der Waals surface area contributed by atoms with Crippen LogP contribution in [-0.4, -0.2) is 41.3 Å². The summed E-state index contributed by atoms with van der Waals surface area (Å²) in [5.74, 6) is -2.21. The highest BCUT2D eigenvalue weighted by molar-refractivity contribution is 5.96. The number of hydrogen-bond acceptors (Lipinski definition) is 5. The van der Waals surface area contributed by atoms with Crippen LogP contribution in [0.2, 0.25) is 0 Å². The van der Waals surface area contributed by atoms with Crippen molar-refractivity contribution in [3.8, 4) is 16.9 Å². The fourth-order valence-corrected chi connectivity index (χ4v) is 4.68. The molecular formula is C27H24N2O6. The molecule has 0 radical (unpaired) electrons. The molecule has 4 N–H and O–H groups in total. The highest BCUT2D eigenvalue weighted by Crippen LogP contribution is 2.44. The van der Waals surface area contributed by atoms with E-state index in [4.69, 9.17) is 9.84 Å². The monoisotopic (exact) mass is 472 g/mol. The van der Waals surface area contributed by atoms with E-state index in [-0.39, 0.29) is 35.8 Å². The van der Waals surface area contributed by atoms with Crippen LogP contribution in [0, 0.1) is 11.8 Å². The van der Waals surface area contributed by atoms with Crippen LogP contribution in [0.3, 0.4) is 0 Å². The molecule has 0 bridgehead atoms. The van der Waals surface area contributed by atoms with Gasteiger partial charge in [0.25, 0.3) is 0 Å². The van der Waals surface area contributed by atoms with Gasteiger partial charge in [-0.15, -0.1) is 0 Å². The molecule has 2 aliphatic carbocycles. The smallest absolute Gasteiger partial charge is 0.407 e. The van der Waals surface area contributed by atoms with E-state index in [9.17, 15) is 19.5 Å². The Balaban J connectivity index is 1.10. The summed E-state index contributed by atoms with van der Waals surface area (Å²) >= 11 is 0. The second-order valence-corrected chi connectivity index (χ2v) is 8.84. The van der Waals surface area contributed by atoms with Gasteiger partial charge in [-0.05, 0) is 46.7 Å². The molecule has 0 spiro atoms. The van der Waals surface area contributed by atoms with Gasteiger partial charge in [-0.2, -0.15) is 0 Å². The maximum Gasteiger partial charge on any atom is 0.407 e. The quantitative estimate of drug-likeness (QED) is 0.408. The SMILES string of the molecule is O=C(NC[C@H]1C[C@H]1C(=O)Nc1ccc(C(=O)O)c(O)c1)OCC1c2ccccc2-c2ccccc21. The Kier molecular flexibility index (Phi) is 5.86. The number of aromatic carboxylic acids is 1. The average molecular weight is 472 g/mol. The zero-order chi connectivity index (χ0) is 24.5. The molecule has 0 heterocycles. The number of benzene rings is 3. The minimum Gasteiger partial charge on any atom is -0.507 e. The summed E-state index contributed by atoms with van der Waals surface area (Å²) in [6.07, 6.45) is 0.0985. The van der Waals surface area contributed by atoms with Crippen molar-refractivity contribution >= 4 is 23.7 Å². The molecule has 5 rings (SSSR count). The molecular weight excluding hydrogens is 448 g/mol. The van der Waals surface area contributed by atoms with Gasteiger partial charge in [0.2, 0.25) is 5.91 Å². The Morgan fingerprint density at radius 1 is 0.943 bits per heavy atom. The Bertz CT molecular complexity index is 1280. The van der Waals surface area contributed by atoms with Gasteiger partial charge in [-0.1, -0.05) is 48.5 Å². The van der Waals surface area contributed by atoms with Crippen molar-refractivity contribution in [2.75, 3.05) is 18.5 Å². The van der Waals surface area contributed by atoms with Gasteiger partial charge in [0.15, 0.2) is 0 Å². The number of anilines is 1. The number of aromatic hydroxyl groups is 1. The van der Waals surface area contributed by atoms with Gasteiger partial charge in [0.05, 0.1) is 0 Å². The zero-order valence-electron chi connectivity index (χ0n) is 18.7. The molecule has 8 heteroatoms. The number of ether oxygens (including phenoxy) is 1. The summed E-state index contributed by atoms with van der Waals surface area (Å²) in [4.78, 5) is 35.8. The second kappa shape index (κ2) is 9.13. The van der Waals surface area contributed by atoms with Crippen molar-refractivity contribution < 1.29 is 29.3 Å². The predicted octanol–water partition coefficient (Wildman–Crippen LogP) is 4.20. The summed E-state index contributed by atoms with van der Waals surface area (Å²) in [6.45, 7) is 0.544. The first-order chi connectivity index (χ1) is 16.9. The van der Waals surface area contributed by atoms with E-state index in [1.165, 1.54) is 18.2 Å². The molecule has 1 fully saturated rings. The van der Waals surface area contributed by atoms with Crippen LogP contribution in [0.25, 0.3) is 11.1 Å². The van der Waals surface area contributed by atoms with Crippen LogP contribution in [0.15, 0.2) is 66.7 Å². The lowest BCUT2D eigenvalue weighted by Gasteiger charge is -2.14. The molecule has 2 aliphatic rings. The van der Waals surface area contributed by atoms with E-state index >= 15 is 0 Å². The number of hydrogen-bond donors (Lipinski definition) is 4. The molecule has 1 saturated carbocycles. The van der Waals surface area contributed by atoms with Crippen molar-refractivity contribution in [3.05, 3.63) is 83.4 Å². The molecule has 8 nitrogen and oxygen atoms in total. The molecule has 0 aromatic heterocycles. The summed E-state index contributed by atoms with van der Waals surface area (Å²) in [5, 5.41) is 24.2. The first kappa shape index (κ1) is 22.5. The lowest BCUT2D eigenvalue weighted by molar-refractivity contribution is -0.117. The zero-order valence-corrected chi connectivity index (χ0v) is 18.7. The second-order valence-electron chi connectivity index (χ2n) is 8.84. The number of carbonyl (C=O) groups is 3. The van der Waals surface area contributed by atoms with Gasteiger partial charge in [0, 0.05) is 30.1 Å². The number of fused-ring (bicyclic) bond motifs is 3. The van der Waals surface area contributed by atoms with Gasteiger partial charge in [-0.25, -0.2) is 9.59 Å². The molecule has 178 valence electrons. The fraction of sp³-hybridized carbons (Fsp3) is 0.222. The lowest BCUT2D eigenvalue weighted by atomic mass is 9.98. The minimum absolute atomic E-state index is 0.0117. The predicted molar refractivity (Wildman–Crippen MR) is 128 cm³/mol. The molecule has 0 aliphatic heterocycles. The van der Waals surface area contributed by atoms with Crippen molar-refractivity contribution in [2.24, 2.45) is 11.8 Å². The Labute approximate surface area is 201 Å². The third kappa shape index (κ3) is 4.55. The highest BCUT2D eigenvalue weighted by atomic mass is 16.5. The third-order valence-corrected chi connectivity index (χ3v) is 6.61. The number of carboxylic acid groups (broad SMARTS) is 1. The maximum absolute atomic E-state index is 12.4. The first-order valence-electron chi connectivity index (χ1n) is 11.4. The topological polar surface area (TPSA) is 125 Å². The number of alkyl carbamates (subject to hydrolysis) is 1.